The van der Waals surface area contributed by atoms with Gasteiger partial charge < -0.3 is 9.47 Å². The third-order valence-electron chi connectivity index (χ3n) is 6.88. The van der Waals surface area contributed by atoms with E-state index in [0.29, 0.717) is 5.56 Å². The Labute approximate surface area is 197 Å². The number of halogens is 1. The molecule has 1 saturated carbocycles. The number of rotatable bonds is 7. The average Bonchev–Trinajstić information content (AvgIpc) is 3.26. The van der Waals surface area contributed by atoms with Crippen LogP contribution in [0.2, 0.25) is 0 Å². The quantitative estimate of drug-likeness (QED) is 0.305. The first-order valence-corrected chi connectivity index (χ1v) is 11.4. The zero-order valence-electron chi connectivity index (χ0n) is 18.9. The van der Waals surface area contributed by atoms with Crippen LogP contribution in [0.3, 0.4) is 0 Å². The van der Waals surface area contributed by atoms with E-state index in [-0.39, 0.29) is 18.6 Å². The first-order valence-electron chi connectivity index (χ1n) is 11.4. The highest BCUT2D eigenvalue weighted by Crippen LogP contribution is 2.42. The Morgan fingerprint density at radius 3 is 2.44 bits per heavy atom. The molecule has 0 aromatic heterocycles. The minimum Gasteiger partial charge on any atom is -0.446 e. The predicted octanol–water partition coefficient (Wildman–Crippen LogP) is 5.51. The Bertz CT molecular complexity index is 1050. The van der Waals surface area contributed by atoms with E-state index in [1.54, 1.807) is 19.2 Å². The van der Waals surface area contributed by atoms with Gasteiger partial charge in [-0.25, -0.2) is 14.1 Å². The van der Waals surface area contributed by atoms with E-state index >= 15 is 0 Å². The highest BCUT2D eigenvalue weighted by molar-refractivity contribution is 5.97. The number of ether oxygens (including phenoxy) is 2. The summed E-state index contributed by atoms with van der Waals surface area (Å²) in [5.41, 5.74) is 10.8. The van der Waals surface area contributed by atoms with E-state index in [0.717, 1.165) is 36.1 Å². The molecule has 9 heteroatoms. The van der Waals surface area contributed by atoms with Crippen molar-refractivity contribution in [1.29, 1.82) is 0 Å². The maximum Gasteiger partial charge on any atom is 0.417 e. The van der Waals surface area contributed by atoms with Crippen LogP contribution in [0.25, 0.3) is 10.4 Å². The van der Waals surface area contributed by atoms with Crippen molar-refractivity contribution in [2.24, 2.45) is 11.0 Å². The third-order valence-corrected chi connectivity index (χ3v) is 6.88. The second-order valence-electron chi connectivity index (χ2n) is 8.71. The Morgan fingerprint density at radius 1 is 1.15 bits per heavy atom. The molecule has 2 aromatic rings. The van der Waals surface area contributed by atoms with E-state index in [1.165, 1.54) is 12.1 Å². The number of hydrogen-bond acceptors (Lipinski definition) is 5. The van der Waals surface area contributed by atoms with E-state index in [1.807, 2.05) is 30.3 Å². The second kappa shape index (κ2) is 10.7. The van der Waals surface area contributed by atoms with Gasteiger partial charge in [-0.05, 0) is 60.4 Å². The van der Waals surface area contributed by atoms with Crippen molar-refractivity contribution in [2.75, 3.05) is 13.7 Å². The molecule has 4 rings (SSSR count). The average molecular weight is 467 g/mol. The molecule has 8 nitrogen and oxygen atoms in total. The molecule has 1 heterocycles. The molecule has 0 N–H and O–H groups in total. The number of imide groups is 1. The summed E-state index contributed by atoms with van der Waals surface area (Å²) in [5, 5.41) is 3.90. The van der Waals surface area contributed by atoms with Crippen molar-refractivity contribution in [3.63, 3.8) is 0 Å². The lowest BCUT2D eigenvalue weighted by atomic mass is 9.72. The zero-order valence-corrected chi connectivity index (χ0v) is 18.9. The predicted molar refractivity (Wildman–Crippen MR) is 122 cm³/mol. The van der Waals surface area contributed by atoms with Crippen molar-refractivity contribution in [1.82, 2.24) is 4.90 Å². The number of benzene rings is 2. The Kier molecular flexibility index (Phi) is 7.45. The molecular formula is C25H27FN4O4. The fourth-order valence-electron chi connectivity index (χ4n) is 5.14. The number of methoxy groups -OCH3 is 1. The van der Waals surface area contributed by atoms with Crippen LogP contribution in [0, 0.1) is 11.7 Å². The summed E-state index contributed by atoms with van der Waals surface area (Å²) in [6.07, 6.45) is 2.46. The molecular weight excluding hydrogens is 439 g/mol. The summed E-state index contributed by atoms with van der Waals surface area (Å²) in [6, 6.07) is 13.2. The number of carbonyl (C=O) groups is 2. The van der Waals surface area contributed by atoms with Crippen LogP contribution in [-0.2, 0) is 14.3 Å². The fraction of sp³-hybridized carbons (Fsp3) is 0.440. The van der Waals surface area contributed by atoms with Crippen molar-refractivity contribution >= 4 is 12.0 Å². The first kappa shape index (κ1) is 23.7. The number of hydrogen-bond donors (Lipinski definition) is 0. The lowest BCUT2D eigenvalue weighted by Crippen LogP contribution is -2.45. The Hall–Kier alpha value is -3.42. The van der Waals surface area contributed by atoms with Gasteiger partial charge in [0.25, 0.3) is 0 Å². The highest BCUT2D eigenvalue weighted by Gasteiger charge is 2.45. The Balaban J connectivity index is 1.71. The molecule has 1 aliphatic heterocycles. The molecule has 1 saturated heterocycles. The van der Waals surface area contributed by atoms with Crippen molar-refractivity contribution in [3.05, 3.63) is 82.0 Å². The van der Waals surface area contributed by atoms with Gasteiger partial charge in [0.1, 0.15) is 24.5 Å². The monoisotopic (exact) mass is 466 g/mol. The van der Waals surface area contributed by atoms with Crippen LogP contribution in [0.4, 0.5) is 9.18 Å². The molecule has 2 fully saturated rings. The SMILES string of the molecule is COC1CCC([C@H](c2ccc(F)cc2)[C@H](N=[N+]=[N-])C(=O)N2C(=O)OC[C@@H]2c2ccccc2)CC1. The summed E-state index contributed by atoms with van der Waals surface area (Å²) in [6.45, 7) is 0.0255. The van der Waals surface area contributed by atoms with E-state index < -0.39 is 35.8 Å². The van der Waals surface area contributed by atoms with Crippen molar-refractivity contribution < 1.29 is 23.5 Å². The molecule has 2 aromatic carbocycles. The largest absolute Gasteiger partial charge is 0.446 e. The van der Waals surface area contributed by atoms with Gasteiger partial charge >= 0.3 is 6.09 Å². The summed E-state index contributed by atoms with van der Waals surface area (Å²) in [4.78, 5) is 30.5. The molecule has 3 atom stereocenters. The number of cyclic esters (lactones) is 1. The van der Waals surface area contributed by atoms with Crippen LogP contribution in [-0.4, -0.2) is 42.8 Å². The summed E-state index contributed by atoms with van der Waals surface area (Å²) in [7, 11) is 1.68. The molecule has 0 radical (unpaired) electrons. The van der Waals surface area contributed by atoms with Crippen LogP contribution in [0.15, 0.2) is 59.7 Å². The molecule has 178 valence electrons. The number of carbonyl (C=O) groups excluding carboxylic acids is 2. The zero-order chi connectivity index (χ0) is 24.1. The molecule has 2 amide bonds. The molecule has 34 heavy (non-hydrogen) atoms. The summed E-state index contributed by atoms with van der Waals surface area (Å²) in [5.74, 6) is -1.54. The number of amides is 2. The van der Waals surface area contributed by atoms with Gasteiger partial charge in [-0.1, -0.05) is 47.6 Å². The van der Waals surface area contributed by atoms with E-state index in [9.17, 15) is 19.5 Å². The lowest BCUT2D eigenvalue weighted by Gasteiger charge is -2.37. The second-order valence-corrected chi connectivity index (χ2v) is 8.71. The van der Waals surface area contributed by atoms with E-state index in [4.69, 9.17) is 9.47 Å². The summed E-state index contributed by atoms with van der Waals surface area (Å²) >= 11 is 0. The minimum atomic E-state index is -1.18. The first-order chi connectivity index (χ1) is 16.5. The van der Waals surface area contributed by atoms with E-state index in [2.05, 4.69) is 10.0 Å². The van der Waals surface area contributed by atoms with Crippen molar-refractivity contribution in [2.45, 2.75) is 49.8 Å². The number of nitrogens with zero attached hydrogens (tertiary/aromatic N) is 4. The van der Waals surface area contributed by atoms with Crippen LogP contribution in [0.5, 0.6) is 0 Å². The van der Waals surface area contributed by atoms with Gasteiger partial charge in [0.15, 0.2) is 0 Å². The van der Waals surface area contributed by atoms with Gasteiger partial charge in [-0.2, -0.15) is 0 Å². The van der Waals surface area contributed by atoms with Crippen LogP contribution in [0.1, 0.15) is 48.8 Å². The van der Waals surface area contributed by atoms with Crippen molar-refractivity contribution in [3.8, 4) is 0 Å². The Morgan fingerprint density at radius 2 is 1.82 bits per heavy atom. The topological polar surface area (TPSA) is 105 Å². The minimum absolute atomic E-state index is 0.00916. The molecule has 1 aliphatic carbocycles. The molecule has 2 aliphatic rings. The molecule has 0 bridgehead atoms. The smallest absolute Gasteiger partial charge is 0.417 e. The van der Waals surface area contributed by atoms with Crippen LogP contribution < -0.4 is 0 Å². The van der Waals surface area contributed by atoms with Gasteiger partial charge in [0, 0.05) is 17.9 Å². The lowest BCUT2D eigenvalue weighted by molar-refractivity contribution is -0.131. The van der Waals surface area contributed by atoms with Gasteiger partial charge in [-0.15, -0.1) is 0 Å². The molecule has 0 spiro atoms. The van der Waals surface area contributed by atoms with Gasteiger partial charge in [0.05, 0.1) is 6.10 Å². The van der Waals surface area contributed by atoms with Gasteiger partial charge in [-0.3, -0.25) is 4.79 Å². The molecule has 0 unspecified atom stereocenters. The normalized spacial score (nSPS) is 24.1. The summed E-state index contributed by atoms with van der Waals surface area (Å²) < 4.78 is 24.4. The number of azide groups is 1. The van der Waals surface area contributed by atoms with Gasteiger partial charge in [0.2, 0.25) is 5.91 Å². The maximum atomic E-state index is 13.8. The standard InChI is InChI=1S/C25H27FN4O4/c1-33-20-13-9-18(10-14-20)22(17-7-11-19(26)12-8-17)23(28-29-27)24(31)30-21(15-34-25(30)32)16-5-3-2-4-6-16/h2-8,11-12,18,20-23H,9-10,13-15H2,1H3/t18?,20?,21-,22+,23+/m1/s1. The highest BCUT2D eigenvalue weighted by atomic mass is 19.1. The maximum absolute atomic E-state index is 13.8. The fourth-order valence-corrected chi connectivity index (χ4v) is 5.14. The third kappa shape index (κ3) is 4.90. The van der Waals surface area contributed by atoms with Crippen LogP contribution >= 0.6 is 0 Å².